The number of oxime groups is 1. The molecule has 2 rings (SSSR count). The van der Waals surface area contributed by atoms with E-state index in [-0.39, 0.29) is 18.1 Å². The number of para-hydroxylation sites is 2. The maximum absolute atomic E-state index is 12.6. The zero-order chi connectivity index (χ0) is 14.0. The first kappa shape index (κ1) is 13.2. The van der Waals surface area contributed by atoms with E-state index in [1.807, 2.05) is 0 Å². The van der Waals surface area contributed by atoms with Crippen LogP contribution in [0.3, 0.4) is 0 Å². The van der Waals surface area contributed by atoms with Gasteiger partial charge >= 0.3 is 6.18 Å². The van der Waals surface area contributed by atoms with Gasteiger partial charge in [0.15, 0.2) is 0 Å². The lowest BCUT2D eigenvalue weighted by molar-refractivity contribution is -0.140. The van der Waals surface area contributed by atoms with Gasteiger partial charge in [0.05, 0.1) is 17.5 Å². The number of nitrogens with two attached hydrogens (primary N) is 1. The first-order valence-corrected chi connectivity index (χ1v) is 5.38. The number of fused-ring (bicyclic) bond motifs is 1. The molecule has 0 atom stereocenters. The number of amidine groups is 1. The summed E-state index contributed by atoms with van der Waals surface area (Å²) in [6.45, 7) is -1.17. The molecule has 102 valence electrons. The second-order valence-electron chi connectivity index (χ2n) is 3.99. The van der Waals surface area contributed by atoms with Crippen LogP contribution in [-0.4, -0.2) is 26.8 Å². The molecule has 5 nitrogen and oxygen atoms in total. The third-order valence-electron chi connectivity index (χ3n) is 2.54. The van der Waals surface area contributed by atoms with Gasteiger partial charge in [-0.25, -0.2) is 4.98 Å². The van der Waals surface area contributed by atoms with E-state index in [0.29, 0.717) is 11.0 Å². The quantitative estimate of drug-likeness (QED) is 0.387. The second kappa shape index (κ2) is 4.79. The lowest BCUT2D eigenvalue weighted by Crippen LogP contribution is -2.23. The van der Waals surface area contributed by atoms with E-state index in [1.165, 1.54) is 0 Å². The third-order valence-corrected chi connectivity index (χ3v) is 2.54. The number of rotatable bonds is 3. The molecule has 0 saturated carbocycles. The average molecular weight is 272 g/mol. The fourth-order valence-corrected chi connectivity index (χ4v) is 1.81. The number of alkyl halides is 3. The molecule has 0 aliphatic rings. The van der Waals surface area contributed by atoms with Crippen molar-refractivity contribution in [2.45, 2.75) is 19.1 Å². The number of aromatic nitrogens is 2. The summed E-state index contributed by atoms with van der Waals surface area (Å²) in [4.78, 5) is 4.08. The van der Waals surface area contributed by atoms with Crippen LogP contribution in [0, 0.1) is 0 Å². The van der Waals surface area contributed by atoms with Crippen LogP contribution < -0.4 is 5.73 Å². The number of halogens is 3. The number of nitrogens with zero attached hydrogens (tertiary/aromatic N) is 3. The summed E-state index contributed by atoms with van der Waals surface area (Å²) in [5, 5.41) is 11.2. The largest absolute Gasteiger partial charge is 0.409 e. The minimum absolute atomic E-state index is 0.105. The molecular weight excluding hydrogens is 261 g/mol. The van der Waals surface area contributed by atoms with E-state index in [2.05, 4.69) is 10.1 Å². The number of imidazole rings is 1. The van der Waals surface area contributed by atoms with E-state index in [0.717, 1.165) is 4.57 Å². The lowest BCUT2D eigenvalue weighted by atomic mass is 10.3. The van der Waals surface area contributed by atoms with E-state index < -0.39 is 12.7 Å². The van der Waals surface area contributed by atoms with Crippen molar-refractivity contribution in [3.8, 4) is 0 Å². The molecule has 0 bridgehead atoms. The Bertz CT molecular complexity index is 618. The van der Waals surface area contributed by atoms with Crippen molar-refractivity contribution in [1.82, 2.24) is 9.55 Å². The zero-order valence-electron chi connectivity index (χ0n) is 9.72. The molecule has 8 heteroatoms. The molecule has 1 heterocycles. The fraction of sp³-hybridized carbons (Fsp3) is 0.273. The Hall–Kier alpha value is -2.25. The maximum Gasteiger partial charge on any atom is 0.406 e. The molecule has 0 saturated heterocycles. The smallest absolute Gasteiger partial charge is 0.406 e. The van der Waals surface area contributed by atoms with Crippen LogP contribution in [0.2, 0.25) is 0 Å². The predicted octanol–water partition coefficient (Wildman–Crippen LogP) is 1.89. The van der Waals surface area contributed by atoms with Crippen molar-refractivity contribution in [1.29, 1.82) is 0 Å². The molecule has 0 fully saturated rings. The Kier molecular flexibility index (Phi) is 3.32. The van der Waals surface area contributed by atoms with Gasteiger partial charge in [0.2, 0.25) is 0 Å². The topological polar surface area (TPSA) is 76.4 Å². The van der Waals surface area contributed by atoms with Crippen molar-refractivity contribution in [3.63, 3.8) is 0 Å². The summed E-state index contributed by atoms with van der Waals surface area (Å²) < 4.78 is 38.8. The minimum atomic E-state index is -4.37. The van der Waals surface area contributed by atoms with Gasteiger partial charge in [-0.1, -0.05) is 17.3 Å². The van der Waals surface area contributed by atoms with E-state index in [9.17, 15) is 13.2 Å². The highest BCUT2D eigenvalue weighted by Crippen LogP contribution is 2.23. The van der Waals surface area contributed by atoms with E-state index >= 15 is 0 Å². The molecule has 3 N–H and O–H groups in total. The molecule has 19 heavy (non-hydrogen) atoms. The van der Waals surface area contributed by atoms with Crippen LogP contribution in [0.1, 0.15) is 5.82 Å². The Morgan fingerprint density at radius 2 is 2.05 bits per heavy atom. The third kappa shape index (κ3) is 2.95. The number of hydrogen-bond donors (Lipinski definition) is 2. The molecule has 0 unspecified atom stereocenters. The molecule has 1 aromatic heterocycles. The summed E-state index contributed by atoms with van der Waals surface area (Å²) in [7, 11) is 0. The highest BCUT2D eigenvalue weighted by atomic mass is 19.4. The first-order valence-electron chi connectivity index (χ1n) is 5.38. The lowest BCUT2D eigenvalue weighted by Gasteiger charge is -2.11. The molecule has 0 aliphatic heterocycles. The van der Waals surface area contributed by atoms with E-state index in [1.54, 1.807) is 24.3 Å². The zero-order valence-corrected chi connectivity index (χ0v) is 9.72. The number of benzene rings is 1. The van der Waals surface area contributed by atoms with Gasteiger partial charge in [0.25, 0.3) is 0 Å². The summed E-state index contributed by atoms with van der Waals surface area (Å²) in [5.74, 6) is -0.0902. The summed E-state index contributed by atoms with van der Waals surface area (Å²) in [6.07, 6.45) is -4.52. The van der Waals surface area contributed by atoms with Gasteiger partial charge in [0.1, 0.15) is 18.2 Å². The normalized spacial score (nSPS) is 13.1. The Labute approximate surface area is 106 Å². The highest BCUT2D eigenvalue weighted by Gasteiger charge is 2.30. The van der Waals surface area contributed by atoms with Gasteiger partial charge in [-0.2, -0.15) is 13.2 Å². The SMILES string of the molecule is NC(Cc1nc2ccccc2n1CC(F)(F)F)=NO. The summed E-state index contributed by atoms with van der Waals surface area (Å²) >= 11 is 0. The van der Waals surface area contributed by atoms with Gasteiger partial charge in [-0.3, -0.25) is 0 Å². The molecule has 1 aromatic carbocycles. The standard InChI is InChI=1S/C11H11F3N4O/c12-11(13,14)6-18-8-4-2-1-3-7(8)16-10(18)5-9(15)17-19/h1-4,19H,5-6H2,(H2,15,17). The monoisotopic (exact) mass is 272 g/mol. The Balaban J connectivity index is 2.52. The molecule has 0 spiro atoms. The molecule has 0 aliphatic carbocycles. The van der Waals surface area contributed by atoms with Gasteiger partial charge in [0, 0.05) is 0 Å². The summed E-state index contributed by atoms with van der Waals surface area (Å²) in [6, 6.07) is 6.46. The van der Waals surface area contributed by atoms with E-state index in [4.69, 9.17) is 10.9 Å². The molecule has 0 radical (unpaired) electrons. The molecular formula is C11H11F3N4O. The molecule has 0 amide bonds. The van der Waals surface area contributed by atoms with Crippen LogP contribution in [-0.2, 0) is 13.0 Å². The van der Waals surface area contributed by atoms with Crippen molar-refractivity contribution in [2.24, 2.45) is 10.9 Å². The van der Waals surface area contributed by atoms with Crippen LogP contribution in [0.5, 0.6) is 0 Å². The van der Waals surface area contributed by atoms with Gasteiger partial charge < -0.3 is 15.5 Å². The van der Waals surface area contributed by atoms with Crippen LogP contribution >= 0.6 is 0 Å². The predicted molar refractivity (Wildman–Crippen MR) is 62.9 cm³/mol. The first-order chi connectivity index (χ1) is 8.90. The van der Waals surface area contributed by atoms with Crippen molar-refractivity contribution in [3.05, 3.63) is 30.1 Å². The minimum Gasteiger partial charge on any atom is -0.409 e. The Morgan fingerprint density at radius 3 is 2.68 bits per heavy atom. The van der Waals surface area contributed by atoms with Gasteiger partial charge in [-0.05, 0) is 12.1 Å². The highest BCUT2D eigenvalue weighted by molar-refractivity contribution is 5.83. The van der Waals surface area contributed by atoms with Crippen LogP contribution in [0.15, 0.2) is 29.4 Å². The van der Waals surface area contributed by atoms with Crippen LogP contribution in [0.4, 0.5) is 13.2 Å². The van der Waals surface area contributed by atoms with Gasteiger partial charge in [-0.15, -0.1) is 0 Å². The maximum atomic E-state index is 12.6. The van der Waals surface area contributed by atoms with Crippen molar-refractivity contribution < 1.29 is 18.4 Å². The van der Waals surface area contributed by atoms with Crippen molar-refractivity contribution >= 4 is 16.9 Å². The summed E-state index contributed by atoms with van der Waals surface area (Å²) in [5.41, 5.74) is 6.12. The number of hydrogen-bond acceptors (Lipinski definition) is 3. The van der Waals surface area contributed by atoms with Crippen LogP contribution in [0.25, 0.3) is 11.0 Å². The van der Waals surface area contributed by atoms with Crippen molar-refractivity contribution in [2.75, 3.05) is 0 Å². The molecule has 2 aromatic rings. The Morgan fingerprint density at radius 1 is 1.37 bits per heavy atom. The second-order valence-corrected chi connectivity index (χ2v) is 3.99. The fourth-order valence-electron chi connectivity index (χ4n) is 1.81. The average Bonchev–Trinajstić information content (AvgIpc) is 2.65.